The summed E-state index contributed by atoms with van der Waals surface area (Å²) in [5, 5.41) is 12.4. The predicted octanol–water partition coefficient (Wildman–Crippen LogP) is 2.52. The molecule has 2 N–H and O–H groups in total. The Kier molecular flexibility index (Phi) is 4.77. The molecule has 0 saturated carbocycles. The van der Waals surface area contributed by atoms with Crippen LogP contribution in [0, 0.1) is 0 Å². The Bertz CT molecular complexity index is 887. The highest BCUT2D eigenvalue weighted by Gasteiger charge is 2.43. The third-order valence-electron chi connectivity index (χ3n) is 5.45. The van der Waals surface area contributed by atoms with Crippen molar-refractivity contribution in [2.24, 2.45) is 0 Å². The van der Waals surface area contributed by atoms with Crippen molar-refractivity contribution in [1.82, 2.24) is 15.2 Å². The van der Waals surface area contributed by atoms with Crippen LogP contribution in [0.1, 0.15) is 41.9 Å². The number of carbonyl (C=O) groups is 2. The van der Waals surface area contributed by atoms with Gasteiger partial charge in [-0.25, -0.2) is 4.79 Å². The summed E-state index contributed by atoms with van der Waals surface area (Å²) in [6, 6.07) is 12.9. The molecule has 0 radical (unpaired) electrons. The van der Waals surface area contributed by atoms with E-state index in [9.17, 15) is 14.7 Å². The van der Waals surface area contributed by atoms with Crippen molar-refractivity contribution in [1.29, 1.82) is 0 Å². The van der Waals surface area contributed by atoms with Gasteiger partial charge in [0.1, 0.15) is 5.60 Å². The Morgan fingerprint density at radius 3 is 2.54 bits per heavy atom. The van der Waals surface area contributed by atoms with Crippen molar-refractivity contribution >= 4 is 12.0 Å². The van der Waals surface area contributed by atoms with Gasteiger partial charge < -0.3 is 20.1 Å². The summed E-state index contributed by atoms with van der Waals surface area (Å²) in [5.41, 5.74) is 2.42. The molecule has 4 rings (SSSR count). The zero-order valence-electron chi connectivity index (χ0n) is 15.7. The van der Waals surface area contributed by atoms with Crippen LogP contribution in [0.15, 0.2) is 42.5 Å². The highest BCUT2D eigenvalue weighted by atomic mass is 16.6. The molecule has 1 aromatic carbocycles. The Hall–Kier alpha value is -2.93. The maximum Gasteiger partial charge on any atom is 0.407 e. The molecule has 3 heterocycles. The van der Waals surface area contributed by atoms with E-state index in [2.05, 4.69) is 10.3 Å². The average molecular weight is 381 g/mol. The van der Waals surface area contributed by atoms with Crippen molar-refractivity contribution in [3.8, 4) is 11.3 Å². The van der Waals surface area contributed by atoms with Crippen molar-refractivity contribution < 1.29 is 19.4 Å². The molecule has 1 unspecified atom stereocenters. The van der Waals surface area contributed by atoms with Crippen LogP contribution in [0.25, 0.3) is 11.3 Å². The van der Waals surface area contributed by atoms with E-state index in [-0.39, 0.29) is 12.0 Å². The summed E-state index contributed by atoms with van der Waals surface area (Å²) in [4.78, 5) is 30.4. The van der Waals surface area contributed by atoms with Crippen molar-refractivity contribution in [2.45, 2.75) is 31.5 Å². The number of ether oxygens (including phenoxy) is 1. The van der Waals surface area contributed by atoms with E-state index < -0.39 is 11.7 Å². The number of rotatable bonds is 3. The minimum Gasteiger partial charge on any atom is -0.441 e. The van der Waals surface area contributed by atoms with E-state index in [4.69, 9.17) is 4.74 Å². The summed E-state index contributed by atoms with van der Waals surface area (Å²) in [5.74, 6) is -0.0237. The van der Waals surface area contributed by atoms with Crippen LogP contribution in [0.3, 0.4) is 0 Å². The standard InChI is InChI=1S/C21H23N3O4/c1-14(25)17-3-2-4-18(23-17)15-5-7-16(8-6-15)19(26)24-11-9-21(10-12-24)13-22-20(27)28-21/h2-8,14,25H,9-13H2,1H3,(H,22,27). The predicted molar refractivity (Wildman–Crippen MR) is 103 cm³/mol. The number of benzene rings is 1. The third kappa shape index (κ3) is 3.57. The molecule has 146 valence electrons. The maximum absolute atomic E-state index is 12.8. The van der Waals surface area contributed by atoms with Crippen molar-refractivity contribution in [3.05, 3.63) is 53.7 Å². The van der Waals surface area contributed by atoms with Gasteiger partial charge >= 0.3 is 6.09 Å². The fourth-order valence-corrected chi connectivity index (χ4v) is 3.71. The van der Waals surface area contributed by atoms with Gasteiger partial charge in [0.25, 0.3) is 5.91 Å². The Balaban J connectivity index is 1.43. The number of nitrogens with zero attached hydrogens (tertiary/aromatic N) is 2. The number of carbonyl (C=O) groups excluding carboxylic acids is 2. The number of hydrogen-bond acceptors (Lipinski definition) is 5. The number of aliphatic hydroxyl groups is 1. The Morgan fingerprint density at radius 1 is 1.21 bits per heavy atom. The van der Waals surface area contributed by atoms with Crippen LogP contribution in [0.4, 0.5) is 4.79 Å². The lowest BCUT2D eigenvalue weighted by molar-refractivity contribution is 0.00331. The summed E-state index contributed by atoms with van der Waals surface area (Å²) in [6.07, 6.45) is 0.290. The largest absolute Gasteiger partial charge is 0.441 e. The molecule has 1 atom stereocenters. The van der Waals surface area contributed by atoms with Crippen LogP contribution in [0.5, 0.6) is 0 Å². The normalized spacial score (nSPS) is 19.2. The highest BCUT2D eigenvalue weighted by Crippen LogP contribution is 2.30. The second-order valence-corrected chi connectivity index (χ2v) is 7.42. The first-order valence-corrected chi connectivity index (χ1v) is 9.47. The molecule has 1 spiro atoms. The number of aliphatic hydroxyl groups excluding tert-OH is 1. The second kappa shape index (κ2) is 7.24. The van der Waals surface area contributed by atoms with E-state index in [1.165, 1.54) is 0 Å². The quantitative estimate of drug-likeness (QED) is 0.852. The molecule has 2 aliphatic heterocycles. The number of likely N-dealkylation sites (tertiary alicyclic amines) is 1. The van der Waals surface area contributed by atoms with E-state index in [0.29, 0.717) is 43.7 Å². The van der Waals surface area contributed by atoms with Crippen LogP contribution in [0.2, 0.25) is 0 Å². The van der Waals surface area contributed by atoms with Gasteiger partial charge in [-0.2, -0.15) is 0 Å². The summed E-state index contributed by atoms with van der Waals surface area (Å²) >= 11 is 0. The van der Waals surface area contributed by atoms with Crippen LogP contribution >= 0.6 is 0 Å². The number of hydrogen-bond donors (Lipinski definition) is 2. The van der Waals surface area contributed by atoms with Crippen LogP contribution in [-0.4, -0.2) is 52.2 Å². The number of nitrogens with one attached hydrogen (secondary N) is 1. The molecule has 2 saturated heterocycles. The average Bonchev–Trinajstić information content (AvgIpc) is 3.08. The van der Waals surface area contributed by atoms with Crippen molar-refractivity contribution in [2.75, 3.05) is 19.6 Å². The molecule has 7 nitrogen and oxygen atoms in total. The number of piperidine rings is 1. The molecule has 0 aliphatic carbocycles. The first-order chi connectivity index (χ1) is 13.5. The molecule has 0 bridgehead atoms. The molecular weight excluding hydrogens is 358 g/mol. The fraction of sp³-hybridized carbons (Fsp3) is 0.381. The molecular formula is C21H23N3O4. The summed E-state index contributed by atoms with van der Waals surface area (Å²) in [6.45, 7) is 3.32. The van der Waals surface area contributed by atoms with E-state index in [0.717, 1.165) is 11.3 Å². The van der Waals surface area contributed by atoms with Gasteiger partial charge in [-0.3, -0.25) is 9.78 Å². The SMILES string of the molecule is CC(O)c1cccc(-c2ccc(C(=O)N3CCC4(CC3)CNC(=O)O4)cc2)n1. The second-order valence-electron chi connectivity index (χ2n) is 7.42. The lowest BCUT2D eigenvalue weighted by atomic mass is 9.91. The fourth-order valence-electron chi connectivity index (χ4n) is 3.71. The number of aromatic nitrogens is 1. The molecule has 7 heteroatoms. The minimum absolute atomic E-state index is 0.0237. The number of pyridine rings is 1. The Morgan fingerprint density at radius 2 is 1.93 bits per heavy atom. The summed E-state index contributed by atoms with van der Waals surface area (Å²) in [7, 11) is 0. The van der Waals surface area contributed by atoms with E-state index >= 15 is 0 Å². The first-order valence-electron chi connectivity index (χ1n) is 9.47. The smallest absolute Gasteiger partial charge is 0.407 e. The molecule has 2 aliphatic rings. The van der Waals surface area contributed by atoms with Gasteiger partial charge in [0.15, 0.2) is 0 Å². The molecule has 28 heavy (non-hydrogen) atoms. The van der Waals surface area contributed by atoms with E-state index in [1.807, 2.05) is 24.3 Å². The number of alkyl carbamates (subject to hydrolysis) is 1. The zero-order valence-corrected chi connectivity index (χ0v) is 15.7. The molecule has 2 fully saturated rings. The number of amides is 2. The summed E-state index contributed by atoms with van der Waals surface area (Å²) < 4.78 is 5.40. The lowest BCUT2D eigenvalue weighted by Gasteiger charge is -2.37. The van der Waals surface area contributed by atoms with Crippen LogP contribution < -0.4 is 5.32 Å². The van der Waals surface area contributed by atoms with Gasteiger partial charge in [-0.15, -0.1) is 0 Å². The molecule has 2 amide bonds. The monoisotopic (exact) mass is 381 g/mol. The van der Waals surface area contributed by atoms with Crippen molar-refractivity contribution in [3.63, 3.8) is 0 Å². The topological polar surface area (TPSA) is 91.8 Å². The van der Waals surface area contributed by atoms with Gasteiger partial charge in [-0.1, -0.05) is 18.2 Å². The van der Waals surface area contributed by atoms with Gasteiger partial charge in [0.05, 0.1) is 24.0 Å². The van der Waals surface area contributed by atoms with Crippen LogP contribution in [-0.2, 0) is 4.74 Å². The zero-order chi connectivity index (χ0) is 19.7. The highest BCUT2D eigenvalue weighted by molar-refractivity contribution is 5.94. The molecule has 2 aromatic rings. The molecule has 1 aromatic heterocycles. The maximum atomic E-state index is 12.8. The third-order valence-corrected chi connectivity index (χ3v) is 5.45. The van der Waals surface area contributed by atoms with E-state index in [1.54, 1.807) is 30.0 Å². The van der Waals surface area contributed by atoms with Gasteiger partial charge in [-0.05, 0) is 31.2 Å². The Labute approximate surface area is 163 Å². The minimum atomic E-state index is -0.627. The van der Waals surface area contributed by atoms with Gasteiger partial charge in [0, 0.05) is 37.1 Å². The first kappa shape index (κ1) is 18.4. The van der Waals surface area contributed by atoms with Gasteiger partial charge in [0.2, 0.25) is 0 Å². The lowest BCUT2D eigenvalue weighted by Crippen LogP contribution is -2.48.